The zero-order chi connectivity index (χ0) is 20.4. The van der Waals surface area contributed by atoms with E-state index >= 15 is 0 Å². The molecule has 6 heteroatoms. The van der Waals surface area contributed by atoms with E-state index in [4.69, 9.17) is 0 Å². The number of amides is 1. The van der Waals surface area contributed by atoms with E-state index in [0.29, 0.717) is 5.69 Å². The number of hydrogen-bond acceptors (Lipinski definition) is 4. The Morgan fingerprint density at radius 1 is 1.03 bits per heavy atom. The number of rotatable bonds is 4. The van der Waals surface area contributed by atoms with Gasteiger partial charge in [0.05, 0.1) is 0 Å². The van der Waals surface area contributed by atoms with Crippen LogP contribution in [0.2, 0.25) is 14.8 Å². The van der Waals surface area contributed by atoms with Crippen molar-refractivity contribution in [2.24, 2.45) is 0 Å². The van der Waals surface area contributed by atoms with Crippen LogP contribution in [0.4, 0.5) is 5.82 Å². The van der Waals surface area contributed by atoms with Gasteiger partial charge in [-0.1, -0.05) is 6.07 Å². The molecule has 3 heterocycles. The third kappa shape index (κ3) is 4.94. The third-order valence-corrected chi connectivity index (χ3v) is 11.9. The van der Waals surface area contributed by atoms with E-state index in [0.717, 1.165) is 57.9 Å². The van der Waals surface area contributed by atoms with Crippen molar-refractivity contribution in [2.45, 2.75) is 34.2 Å². The molecule has 0 atom stereocenters. The van der Waals surface area contributed by atoms with Gasteiger partial charge in [0, 0.05) is 6.54 Å². The Bertz CT molecular complexity index is 867. The number of anilines is 1. The normalized spacial score (nSPS) is 17.6. The Balaban J connectivity index is 1.33. The molecule has 1 fully saturated rings. The molecule has 1 amide bonds. The van der Waals surface area contributed by atoms with Crippen molar-refractivity contribution in [1.82, 2.24) is 14.8 Å². The first-order chi connectivity index (χ1) is 13.9. The zero-order valence-electron chi connectivity index (χ0n) is 17.9. The van der Waals surface area contributed by atoms with Crippen molar-refractivity contribution in [3.8, 4) is 0 Å². The summed E-state index contributed by atoms with van der Waals surface area (Å²) in [7, 11) is 0. The molecule has 2 aliphatic rings. The molecular formula is C23H32N4OSn. The molecule has 5 nitrogen and oxygen atoms in total. The number of nitrogens with zero attached hydrogens (tertiary/aromatic N) is 3. The summed E-state index contributed by atoms with van der Waals surface area (Å²) >= 11 is -1.97. The molecule has 0 radical (unpaired) electrons. The number of benzene rings is 1. The van der Waals surface area contributed by atoms with E-state index in [2.05, 4.69) is 60.4 Å². The van der Waals surface area contributed by atoms with Gasteiger partial charge in [-0.2, -0.15) is 0 Å². The van der Waals surface area contributed by atoms with E-state index in [1.807, 2.05) is 11.0 Å². The standard InChI is InChI=1S/C20H23N4O.3CH3.Sn/c25-20(18-9-8-17-7-4-10-21-19(17)22-18)24-13-11-23(12-14-24)15-16-5-2-1-3-6-16;;;;/h2-3,5-6,8-9H,4,7,10-15H2,(H,21,22);3*1H3;. The number of hydrogen-bond donors (Lipinski definition) is 1. The van der Waals surface area contributed by atoms with Crippen LogP contribution >= 0.6 is 0 Å². The predicted octanol–water partition coefficient (Wildman–Crippen LogP) is 2.94. The molecule has 2 aliphatic heterocycles. The topological polar surface area (TPSA) is 48.5 Å². The number of carbonyl (C=O) groups excluding carboxylic acids is 1. The number of pyridine rings is 1. The minimum absolute atomic E-state index is 0.0573. The van der Waals surface area contributed by atoms with Gasteiger partial charge in [-0.05, 0) is 18.4 Å². The Kier molecular flexibility index (Phi) is 6.16. The molecule has 1 saturated heterocycles. The second-order valence-corrected chi connectivity index (χ2v) is 23.7. The minimum atomic E-state index is -1.97. The van der Waals surface area contributed by atoms with Crippen LogP contribution in [0.5, 0.6) is 0 Å². The van der Waals surface area contributed by atoms with Gasteiger partial charge in [0.1, 0.15) is 5.82 Å². The Labute approximate surface area is 178 Å². The van der Waals surface area contributed by atoms with Gasteiger partial charge < -0.3 is 5.32 Å². The molecule has 1 aromatic carbocycles. The van der Waals surface area contributed by atoms with Gasteiger partial charge >= 0.3 is 137 Å². The number of aryl methyl sites for hydroxylation is 1. The zero-order valence-corrected chi connectivity index (χ0v) is 20.7. The average Bonchev–Trinajstić information content (AvgIpc) is 2.73. The third-order valence-electron chi connectivity index (χ3n) is 6.00. The Hall–Kier alpha value is -1.60. The second-order valence-electron chi connectivity index (χ2n) is 9.25. The number of piperazine rings is 1. The summed E-state index contributed by atoms with van der Waals surface area (Å²) in [6, 6.07) is 13.2. The average molecular weight is 499 g/mol. The molecule has 0 spiro atoms. The van der Waals surface area contributed by atoms with E-state index in [-0.39, 0.29) is 5.91 Å². The summed E-state index contributed by atoms with van der Waals surface area (Å²) < 4.78 is 1.57. The van der Waals surface area contributed by atoms with Crippen LogP contribution in [-0.4, -0.2) is 71.8 Å². The maximum atomic E-state index is 12.9. The van der Waals surface area contributed by atoms with Crippen LogP contribution in [0.3, 0.4) is 0 Å². The SMILES string of the molecule is [CH3][Sn]([CH3])([CH3])[c]1ccc(CN2CCN(C(=O)c3ccc4c(n3)NCCC4)CC2)cc1. The van der Waals surface area contributed by atoms with Crippen molar-refractivity contribution < 1.29 is 4.79 Å². The molecule has 4 rings (SSSR count). The molecule has 0 saturated carbocycles. The molecule has 29 heavy (non-hydrogen) atoms. The van der Waals surface area contributed by atoms with Crippen LogP contribution in [0, 0.1) is 0 Å². The van der Waals surface area contributed by atoms with Crippen LogP contribution in [0.1, 0.15) is 28.0 Å². The number of aromatic nitrogens is 1. The second kappa shape index (κ2) is 8.64. The van der Waals surface area contributed by atoms with Gasteiger partial charge in [-0.25, -0.2) is 0 Å². The summed E-state index contributed by atoms with van der Waals surface area (Å²) in [6.45, 7) is 5.26. The van der Waals surface area contributed by atoms with Crippen molar-refractivity contribution in [1.29, 1.82) is 0 Å². The van der Waals surface area contributed by atoms with Gasteiger partial charge in [-0.3, -0.25) is 0 Å². The van der Waals surface area contributed by atoms with Crippen molar-refractivity contribution in [2.75, 3.05) is 38.0 Å². The van der Waals surface area contributed by atoms with Crippen LogP contribution in [-0.2, 0) is 13.0 Å². The predicted molar refractivity (Wildman–Crippen MR) is 122 cm³/mol. The van der Waals surface area contributed by atoms with Crippen molar-refractivity contribution in [3.63, 3.8) is 0 Å². The van der Waals surface area contributed by atoms with Gasteiger partial charge in [0.25, 0.3) is 0 Å². The van der Waals surface area contributed by atoms with E-state index in [1.54, 1.807) is 3.58 Å². The first-order valence-electron chi connectivity index (χ1n) is 10.7. The van der Waals surface area contributed by atoms with E-state index in [9.17, 15) is 4.79 Å². The molecule has 1 N–H and O–H groups in total. The summed E-state index contributed by atoms with van der Waals surface area (Å²) in [4.78, 5) is 29.2. The first-order valence-corrected chi connectivity index (χ1v) is 20.7. The van der Waals surface area contributed by atoms with Gasteiger partial charge in [-0.15, -0.1) is 0 Å². The van der Waals surface area contributed by atoms with E-state index in [1.165, 1.54) is 11.1 Å². The van der Waals surface area contributed by atoms with Gasteiger partial charge in [0.2, 0.25) is 0 Å². The first kappa shape index (κ1) is 20.7. The number of fused-ring (bicyclic) bond motifs is 1. The van der Waals surface area contributed by atoms with Crippen LogP contribution in [0.25, 0.3) is 0 Å². The van der Waals surface area contributed by atoms with Gasteiger partial charge in [0.15, 0.2) is 0 Å². The van der Waals surface area contributed by atoms with Crippen molar-refractivity contribution >= 4 is 33.7 Å². The maximum absolute atomic E-state index is 12.9. The summed E-state index contributed by atoms with van der Waals surface area (Å²) in [5.41, 5.74) is 3.15. The van der Waals surface area contributed by atoms with Crippen LogP contribution < -0.4 is 8.90 Å². The summed E-state index contributed by atoms with van der Waals surface area (Å²) in [6.07, 6.45) is 2.17. The number of carbonyl (C=O) groups is 1. The molecule has 0 bridgehead atoms. The summed E-state index contributed by atoms with van der Waals surface area (Å²) in [5, 5.41) is 3.32. The van der Waals surface area contributed by atoms with E-state index < -0.39 is 18.4 Å². The fraction of sp³-hybridized carbons (Fsp3) is 0.478. The van der Waals surface area contributed by atoms with Crippen molar-refractivity contribution in [3.05, 3.63) is 53.2 Å². The Morgan fingerprint density at radius 2 is 1.76 bits per heavy atom. The molecular weight excluding hydrogens is 467 g/mol. The molecule has 154 valence electrons. The summed E-state index contributed by atoms with van der Waals surface area (Å²) in [5.74, 6) is 0.950. The quantitative estimate of drug-likeness (QED) is 0.658. The monoisotopic (exact) mass is 500 g/mol. The van der Waals surface area contributed by atoms with Crippen LogP contribution in [0.15, 0.2) is 36.4 Å². The molecule has 0 unspecified atom stereocenters. The fourth-order valence-electron chi connectivity index (χ4n) is 4.09. The fourth-order valence-corrected chi connectivity index (χ4v) is 7.42. The molecule has 0 aliphatic carbocycles. The number of nitrogens with one attached hydrogen (secondary N) is 1. The Morgan fingerprint density at radius 3 is 2.45 bits per heavy atom. The molecule has 2 aromatic rings. The molecule has 1 aromatic heterocycles.